The minimum Gasteiger partial charge on any atom is -0.347 e. The molecule has 0 saturated heterocycles. The average molecular weight is 422 g/mol. The number of halogens is 1. The van der Waals surface area contributed by atoms with E-state index in [1.807, 2.05) is 18.4 Å². The Morgan fingerprint density at radius 2 is 2.00 bits per heavy atom. The van der Waals surface area contributed by atoms with Crippen LogP contribution in [0.1, 0.15) is 55.3 Å². The third-order valence-corrected chi connectivity index (χ3v) is 5.09. The topological polar surface area (TPSA) is 91.8 Å². The van der Waals surface area contributed by atoms with Crippen molar-refractivity contribution in [2.75, 3.05) is 0 Å². The van der Waals surface area contributed by atoms with Crippen LogP contribution in [-0.4, -0.2) is 32.6 Å². The predicted octanol–water partition coefficient (Wildman–Crippen LogP) is 3.39. The van der Waals surface area contributed by atoms with Crippen molar-refractivity contribution in [3.8, 4) is 0 Å². The molecule has 2 amide bonds. The van der Waals surface area contributed by atoms with Gasteiger partial charge in [0.2, 0.25) is 5.91 Å². The first-order valence-electron chi connectivity index (χ1n) is 9.35. The molecule has 7 nitrogen and oxygen atoms in total. The first kappa shape index (κ1) is 20.5. The Kier molecular flexibility index (Phi) is 6.51. The highest BCUT2D eigenvalue weighted by Gasteiger charge is 2.28. The van der Waals surface area contributed by atoms with Crippen molar-refractivity contribution < 1.29 is 9.59 Å². The third-order valence-electron chi connectivity index (χ3n) is 4.55. The van der Waals surface area contributed by atoms with Gasteiger partial charge in [0.25, 0.3) is 5.91 Å². The normalized spacial score (nSPS) is 14.7. The van der Waals surface area contributed by atoms with Gasteiger partial charge in [-0.15, -0.1) is 0 Å². The molecule has 1 aliphatic carbocycles. The Labute approximate surface area is 173 Å². The molecule has 1 atom stereocenters. The summed E-state index contributed by atoms with van der Waals surface area (Å²) in [4.78, 5) is 25.3. The van der Waals surface area contributed by atoms with E-state index >= 15 is 0 Å². The number of hydrogen-bond acceptors (Lipinski definition) is 4. The van der Waals surface area contributed by atoms with Crippen molar-refractivity contribution in [3.63, 3.8) is 0 Å². The number of nitrogens with zero attached hydrogens (tertiary/aromatic N) is 2. The van der Waals surface area contributed by atoms with Crippen LogP contribution < -0.4 is 10.6 Å². The summed E-state index contributed by atoms with van der Waals surface area (Å²) < 4.78 is 2.53. The first-order chi connectivity index (χ1) is 13.3. The molecule has 3 rings (SSSR count). The molecule has 2 aromatic rings. The number of amides is 2. The lowest BCUT2D eigenvalue weighted by atomic mass is 10.0. The van der Waals surface area contributed by atoms with E-state index in [1.54, 1.807) is 24.3 Å². The monoisotopic (exact) mass is 421 g/mol. The lowest BCUT2D eigenvalue weighted by molar-refractivity contribution is -0.123. The molecule has 1 aliphatic rings. The average Bonchev–Trinajstić information content (AvgIpc) is 3.41. The quantitative estimate of drug-likeness (QED) is 0.569. The molecule has 0 spiro atoms. The zero-order chi connectivity index (χ0) is 20.3. The zero-order valence-corrected chi connectivity index (χ0v) is 17.4. The molecular formula is C19H24ClN5O2S. The second-order valence-electron chi connectivity index (χ2n) is 7.43. The number of nitrogens with one attached hydrogen (secondary N) is 3. The lowest BCUT2D eigenvalue weighted by Gasteiger charge is -2.20. The summed E-state index contributed by atoms with van der Waals surface area (Å²) in [5.74, 6) is 0.390. The fourth-order valence-electron chi connectivity index (χ4n) is 3.01. The molecule has 1 fully saturated rings. The van der Waals surface area contributed by atoms with Crippen molar-refractivity contribution >= 4 is 35.6 Å². The van der Waals surface area contributed by atoms with Gasteiger partial charge in [0.05, 0.1) is 6.54 Å². The molecule has 28 heavy (non-hydrogen) atoms. The van der Waals surface area contributed by atoms with Gasteiger partial charge in [-0.2, -0.15) is 5.10 Å². The van der Waals surface area contributed by atoms with Crippen molar-refractivity contribution in [2.24, 2.45) is 5.92 Å². The fourth-order valence-corrected chi connectivity index (χ4v) is 3.43. The molecule has 0 aliphatic heterocycles. The predicted molar refractivity (Wildman–Crippen MR) is 110 cm³/mol. The summed E-state index contributed by atoms with van der Waals surface area (Å²) >= 11 is 11.1. The number of H-pyrrole nitrogens is 1. The molecule has 1 aromatic heterocycles. The van der Waals surface area contributed by atoms with Crippen LogP contribution in [0, 0.1) is 10.7 Å². The lowest BCUT2D eigenvalue weighted by Crippen LogP contribution is -2.47. The largest absolute Gasteiger partial charge is 0.347 e. The molecule has 1 aromatic carbocycles. The van der Waals surface area contributed by atoms with E-state index in [0.717, 1.165) is 12.8 Å². The summed E-state index contributed by atoms with van der Waals surface area (Å²) in [6, 6.07) is 6.29. The van der Waals surface area contributed by atoms with Gasteiger partial charge in [-0.05, 0) is 61.7 Å². The highest BCUT2D eigenvalue weighted by atomic mass is 35.5. The molecule has 150 valence electrons. The smallest absolute Gasteiger partial charge is 0.251 e. The van der Waals surface area contributed by atoms with Gasteiger partial charge < -0.3 is 10.6 Å². The summed E-state index contributed by atoms with van der Waals surface area (Å²) in [6.45, 7) is 4.27. The van der Waals surface area contributed by atoms with E-state index in [0.29, 0.717) is 33.6 Å². The number of hydrogen-bond donors (Lipinski definition) is 3. The van der Waals surface area contributed by atoms with Gasteiger partial charge in [0.15, 0.2) is 10.6 Å². The maximum absolute atomic E-state index is 12.8. The maximum atomic E-state index is 12.8. The van der Waals surface area contributed by atoms with Gasteiger partial charge in [0, 0.05) is 16.6 Å². The van der Waals surface area contributed by atoms with Crippen LogP contribution in [0.25, 0.3) is 0 Å². The van der Waals surface area contributed by atoms with E-state index in [-0.39, 0.29) is 24.3 Å². The van der Waals surface area contributed by atoms with Crippen molar-refractivity contribution in [2.45, 2.75) is 51.7 Å². The summed E-state index contributed by atoms with van der Waals surface area (Å²) in [5.41, 5.74) is 0.459. The Morgan fingerprint density at radius 1 is 1.32 bits per heavy atom. The Bertz CT molecular complexity index is 902. The van der Waals surface area contributed by atoms with Crippen LogP contribution in [0.3, 0.4) is 0 Å². The van der Waals surface area contributed by atoms with Gasteiger partial charge in [-0.1, -0.05) is 25.4 Å². The third kappa shape index (κ3) is 5.20. The Balaban J connectivity index is 1.65. The minimum absolute atomic E-state index is 0.238. The maximum Gasteiger partial charge on any atom is 0.251 e. The van der Waals surface area contributed by atoms with E-state index in [2.05, 4.69) is 20.8 Å². The standard InChI is InChI=1S/C19H24ClN5O2S/c1-11(2)9-15(22-17(26)12-3-5-13(20)6-4-12)18(27)21-10-16-23-24-19(28)25(16)14-7-8-14/h3-6,11,14-15H,7-10H2,1-2H3,(H,21,27)(H,22,26)(H,24,28). The van der Waals surface area contributed by atoms with E-state index in [9.17, 15) is 9.59 Å². The van der Waals surface area contributed by atoms with Crippen LogP contribution in [0.15, 0.2) is 24.3 Å². The molecule has 1 unspecified atom stereocenters. The Hall–Kier alpha value is -2.19. The van der Waals surface area contributed by atoms with Crippen molar-refractivity contribution in [1.29, 1.82) is 0 Å². The number of carbonyl (C=O) groups excluding carboxylic acids is 2. The number of aromatic nitrogens is 3. The summed E-state index contributed by atoms with van der Waals surface area (Å²) in [5, 5.41) is 13.3. The molecule has 1 saturated carbocycles. The highest BCUT2D eigenvalue weighted by molar-refractivity contribution is 7.71. The molecular weight excluding hydrogens is 398 g/mol. The van der Waals surface area contributed by atoms with Crippen molar-refractivity contribution in [3.05, 3.63) is 45.4 Å². The van der Waals surface area contributed by atoms with Crippen LogP contribution in [0.4, 0.5) is 0 Å². The molecule has 0 radical (unpaired) electrons. The number of rotatable bonds is 8. The van der Waals surface area contributed by atoms with E-state index in [1.165, 1.54) is 0 Å². The molecule has 3 N–H and O–H groups in total. The molecule has 0 bridgehead atoms. The highest BCUT2D eigenvalue weighted by Crippen LogP contribution is 2.35. The van der Waals surface area contributed by atoms with Crippen molar-refractivity contribution in [1.82, 2.24) is 25.4 Å². The molecule has 1 heterocycles. The van der Waals surface area contributed by atoms with Crippen LogP contribution in [0.2, 0.25) is 5.02 Å². The number of benzene rings is 1. The minimum atomic E-state index is -0.639. The van der Waals surface area contributed by atoms with Gasteiger partial charge in [-0.3, -0.25) is 19.3 Å². The summed E-state index contributed by atoms with van der Waals surface area (Å²) in [7, 11) is 0. The van der Waals surface area contributed by atoms with E-state index < -0.39 is 6.04 Å². The Morgan fingerprint density at radius 3 is 2.61 bits per heavy atom. The SMILES string of the molecule is CC(C)CC(NC(=O)c1ccc(Cl)cc1)C(=O)NCc1n[nH]c(=S)n1C1CC1. The number of aromatic amines is 1. The first-order valence-corrected chi connectivity index (χ1v) is 10.1. The zero-order valence-electron chi connectivity index (χ0n) is 15.9. The van der Waals surface area contributed by atoms with Gasteiger partial charge in [0.1, 0.15) is 6.04 Å². The summed E-state index contributed by atoms with van der Waals surface area (Å²) in [6.07, 6.45) is 2.67. The van der Waals surface area contributed by atoms with Gasteiger partial charge >= 0.3 is 0 Å². The van der Waals surface area contributed by atoms with E-state index in [4.69, 9.17) is 23.8 Å². The fraction of sp³-hybridized carbons (Fsp3) is 0.474. The molecule has 9 heteroatoms. The van der Waals surface area contributed by atoms with Gasteiger partial charge in [-0.25, -0.2) is 0 Å². The number of carbonyl (C=O) groups is 2. The second-order valence-corrected chi connectivity index (χ2v) is 8.25. The second kappa shape index (κ2) is 8.87. The van der Waals surface area contributed by atoms with Crippen LogP contribution >= 0.6 is 23.8 Å². The van der Waals surface area contributed by atoms with Crippen LogP contribution in [-0.2, 0) is 11.3 Å². The van der Waals surface area contributed by atoms with Crippen LogP contribution in [0.5, 0.6) is 0 Å².